The highest BCUT2D eigenvalue weighted by Crippen LogP contribution is 2.21. The predicted molar refractivity (Wildman–Crippen MR) is 67.6 cm³/mol. The lowest BCUT2D eigenvalue weighted by Gasteiger charge is -2.15. The summed E-state index contributed by atoms with van der Waals surface area (Å²) in [6, 6.07) is 7.59. The largest absolute Gasteiger partial charge is 0.309 e. The zero-order valence-corrected chi connectivity index (χ0v) is 11.0. The van der Waals surface area contributed by atoms with Gasteiger partial charge in [-0.25, -0.2) is 8.42 Å². The molecule has 0 spiro atoms. The van der Waals surface area contributed by atoms with E-state index >= 15 is 0 Å². The van der Waals surface area contributed by atoms with Crippen LogP contribution < -0.4 is 5.32 Å². The average Bonchev–Trinajstić information content (AvgIpc) is 2.16. The van der Waals surface area contributed by atoms with Gasteiger partial charge in [0.1, 0.15) is 9.84 Å². The number of nitrogens with one attached hydrogen (secondary N) is 1. The molecule has 0 bridgehead atoms. The average molecular weight is 262 g/mol. The number of hydrogen-bond donors (Lipinski definition) is 1. The Morgan fingerprint density at radius 3 is 2.56 bits per heavy atom. The standard InChI is InChI=1S/C11H16ClNO2S/c1-9(13-7-8-16(2,14)15)10-5-3-4-6-11(10)12/h3-6,9,13H,7-8H2,1-2H3/t9-/m0/s1. The van der Waals surface area contributed by atoms with Crippen molar-refractivity contribution in [2.75, 3.05) is 18.6 Å². The van der Waals surface area contributed by atoms with Crippen LogP contribution in [0.15, 0.2) is 24.3 Å². The van der Waals surface area contributed by atoms with Crippen molar-refractivity contribution >= 4 is 21.4 Å². The summed E-state index contributed by atoms with van der Waals surface area (Å²) in [5.74, 6) is 0.141. The summed E-state index contributed by atoms with van der Waals surface area (Å²) < 4.78 is 21.9. The Hall–Kier alpha value is -0.580. The highest BCUT2D eigenvalue weighted by atomic mass is 35.5. The zero-order valence-electron chi connectivity index (χ0n) is 9.40. The first-order chi connectivity index (χ1) is 7.40. The molecule has 0 saturated carbocycles. The summed E-state index contributed by atoms with van der Waals surface area (Å²) in [6.07, 6.45) is 1.23. The molecule has 0 heterocycles. The molecule has 0 aliphatic heterocycles. The van der Waals surface area contributed by atoms with Gasteiger partial charge in [0.15, 0.2) is 0 Å². The molecule has 0 radical (unpaired) electrons. The topological polar surface area (TPSA) is 46.2 Å². The van der Waals surface area contributed by atoms with Crippen LogP contribution in [-0.4, -0.2) is 27.0 Å². The van der Waals surface area contributed by atoms with Crippen LogP contribution >= 0.6 is 11.6 Å². The van der Waals surface area contributed by atoms with Crippen LogP contribution in [0.3, 0.4) is 0 Å². The molecular weight excluding hydrogens is 246 g/mol. The lowest BCUT2D eigenvalue weighted by atomic mass is 10.1. The molecule has 0 fully saturated rings. The van der Waals surface area contributed by atoms with Crippen molar-refractivity contribution in [3.63, 3.8) is 0 Å². The summed E-state index contributed by atoms with van der Waals surface area (Å²) in [5, 5.41) is 3.83. The number of benzene rings is 1. The van der Waals surface area contributed by atoms with Gasteiger partial charge in [0.2, 0.25) is 0 Å². The molecule has 3 nitrogen and oxygen atoms in total. The molecule has 0 aromatic heterocycles. The van der Waals surface area contributed by atoms with E-state index in [0.29, 0.717) is 11.6 Å². The fourth-order valence-corrected chi connectivity index (χ4v) is 2.19. The second kappa shape index (κ2) is 5.66. The van der Waals surface area contributed by atoms with Gasteiger partial charge in [0, 0.05) is 23.9 Å². The second-order valence-corrected chi connectivity index (χ2v) is 6.49. The molecule has 1 rings (SSSR count). The van der Waals surface area contributed by atoms with E-state index in [9.17, 15) is 8.42 Å². The molecule has 16 heavy (non-hydrogen) atoms. The van der Waals surface area contributed by atoms with E-state index in [1.165, 1.54) is 6.26 Å². The number of sulfone groups is 1. The van der Waals surface area contributed by atoms with Crippen molar-refractivity contribution in [1.29, 1.82) is 0 Å². The Balaban J connectivity index is 2.54. The Morgan fingerprint density at radius 2 is 2.00 bits per heavy atom. The first kappa shape index (κ1) is 13.5. The van der Waals surface area contributed by atoms with Crippen LogP contribution in [0.4, 0.5) is 0 Å². The van der Waals surface area contributed by atoms with Gasteiger partial charge in [-0.1, -0.05) is 29.8 Å². The van der Waals surface area contributed by atoms with Crippen molar-refractivity contribution < 1.29 is 8.42 Å². The van der Waals surface area contributed by atoms with E-state index in [-0.39, 0.29) is 11.8 Å². The number of hydrogen-bond acceptors (Lipinski definition) is 3. The molecule has 1 aromatic carbocycles. The molecule has 0 unspecified atom stereocenters. The smallest absolute Gasteiger partial charge is 0.148 e. The third kappa shape index (κ3) is 4.51. The molecule has 1 aromatic rings. The Morgan fingerprint density at radius 1 is 1.38 bits per heavy atom. The van der Waals surface area contributed by atoms with Gasteiger partial charge in [-0.05, 0) is 18.6 Å². The quantitative estimate of drug-likeness (QED) is 0.882. The summed E-state index contributed by atoms with van der Waals surface area (Å²) in [4.78, 5) is 0. The molecule has 5 heteroatoms. The summed E-state index contributed by atoms with van der Waals surface area (Å²) in [6.45, 7) is 2.40. The van der Waals surface area contributed by atoms with E-state index in [0.717, 1.165) is 5.56 Å². The van der Waals surface area contributed by atoms with Gasteiger partial charge in [0.25, 0.3) is 0 Å². The molecule has 90 valence electrons. The SMILES string of the molecule is C[C@H](NCCS(C)(=O)=O)c1ccccc1Cl. The minimum absolute atomic E-state index is 0.0513. The van der Waals surface area contributed by atoms with Crippen molar-refractivity contribution in [3.8, 4) is 0 Å². The highest BCUT2D eigenvalue weighted by Gasteiger charge is 2.09. The van der Waals surface area contributed by atoms with Crippen LogP contribution in [0, 0.1) is 0 Å². The van der Waals surface area contributed by atoms with Gasteiger partial charge in [-0.3, -0.25) is 0 Å². The van der Waals surface area contributed by atoms with E-state index in [1.54, 1.807) is 0 Å². The van der Waals surface area contributed by atoms with E-state index in [4.69, 9.17) is 11.6 Å². The molecule has 1 atom stereocenters. The maximum Gasteiger partial charge on any atom is 0.148 e. The van der Waals surface area contributed by atoms with Crippen molar-refractivity contribution in [3.05, 3.63) is 34.9 Å². The molecule has 0 saturated heterocycles. The lowest BCUT2D eigenvalue weighted by Crippen LogP contribution is -2.25. The molecular formula is C11H16ClNO2S. The third-order valence-electron chi connectivity index (χ3n) is 2.30. The Bertz CT molecular complexity index is 445. The van der Waals surface area contributed by atoms with Crippen LogP contribution in [-0.2, 0) is 9.84 Å². The van der Waals surface area contributed by atoms with Crippen LogP contribution in [0.2, 0.25) is 5.02 Å². The number of halogens is 1. The van der Waals surface area contributed by atoms with Crippen LogP contribution in [0.25, 0.3) is 0 Å². The number of rotatable bonds is 5. The maximum absolute atomic E-state index is 11.0. The Labute approximate surface area is 102 Å². The van der Waals surface area contributed by atoms with Crippen molar-refractivity contribution in [2.45, 2.75) is 13.0 Å². The first-order valence-electron chi connectivity index (χ1n) is 5.05. The van der Waals surface area contributed by atoms with Gasteiger partial charge < -0.3 is 5.32 Å². The third-order valence-corrected chi connectivity index (χ3v) is 3.59. The monoisotopic (exact) mass is 261 g/mol. The molecule has 0 amide bonds. The van der Waals surface area contributed by atoms with E-state index in [2.05, 4.69) is 5.32 Å². The summed E-state index contributed by atoms with van der Waals surface area (Å²) >= 11 is 6.03. The van der Waals surface area contributed by atoms with Gasteiger partial charge in [0.05, 0.1) is 5.75 Å². The Kier molecular flexibility index (Phi) is 4.77. The van der Waals surface area contributed by atoms with E-state index in [1.807, 2.05) is 31.2 Å². The molecule has 0 aliphatic rings. The lowest BCUT2D eigenvalue weighted by molar-refractivity contribution is 0.576. The van der Waals surface area contributed by atoms with Crippen LogP contribution in [0.5, 0.6) is 0 Å². The summed E-state index contributed by atoms with van der Waals surface area (Å²) in [7, 11) is -2.91. The minimum Gasteiger partial charge on any atom is -0.309 e. The molecule has 0 aliphatic carbocycles. The maximum atomic E-state index is 11.0. The normalized spacial score (nSPS) is 13.7. The zero-order chi connectivity index (χ0) is 12.2. The summed E-state index contributed by atoms with van der Waals surface area (Å²) in [5.41, 5.74) is 0.984. The fourth-order valence-electron chi connectivity index (χ4n) is 1.40. The van der Waals surface area contributed by atoms with Crippen molar-refractivity contribution in [1.82, 2.24) is 5.32 Å². The van der Waals surface area contributed by atoms with Gasteiger partial charge in [-0.15, -0.1) is 0 Å². The van der Waals surface area contributed by atoms with E-state index < -0.39 is 9.84 Å². The molecule has 1 N–H and O–H groups in total. The highest BCUT2D eigenvalue weighted by molar-refractivity contribution is 7.90. The van der Waals surface area contributed by atoms with Crippen molar-refractivity contribution in [2.24, 2.45) is 0 Å². The van der Waals surface area contributed by atoms with Crippen LogP contribution in [0.1, 0.15) is 18.5 Å². The van der Waals surface area contributed by atoms with Gasteiger partial charge in [-0.2, -0.15) is 0 Å². The van der Waals surface area contributed by atoms with Gasteiger partial charge >= 0.3 is 0 Å². The second-order valence-electron chi connectivity index (χ2n) is 3.83. The first-order valence-corrected chi connectivity index (χ1v) is 7.49. The predicted octanol–water partition coefficient (Wildman–Crippen LogP) is 2.04. The fraction of sp³-hybridized carbons (Fsp3) is 0.455. The minimum atomic E-state index is -2.91.